The molecule has 0 spiro atoms. The van der Waals surface area contributed by atoms with Gasteiger partial charge in [-0.1, -0.05) is 37.4 Å². The molecule has 1 aromatic rings. The third-order valence-corrected chi connectivity index (χ3v) is 4.34. The smallest absolute Gasteiger partial charge is 0.137 e. The van der Waals surface area contributed by atoms with Gasteiger partial charge in [0.05, 0.1) is 18.2 Å². The highest BCUT2D eigenvalue weighted by Crippen LogP contribution is 2.38. The van der Waals surface area contributed by atoms with Crippen molar-refractivity contribution in [1.82, 2.24) is 0 Å². The first-order valence-corrected chi connectivity index (χ1v) is 7.01. The van der Waals surface area contributed by atoms with E-state index in [9.17, 15) is 5.11 Å². The van der Waals surface area contributed by atoms with Gasteiger partial charge in [-0.05, 0) is 42.4 Å². The molecule has 1 fully saturated rings. The van der Waals surface area contributed by atoms with E-state index >= 15 is 0 Å². The molecule has 1 aliphatic rings. The number of benzene rings is 1. The van der Waals surface area contributed by atoms with E-state index in [0.29, 0.717) is 16.7 Å². The maximum atomic E-state index is 10.4. The molecule has 0 amide bonds. The second kappa shape index (κ2) is 5.94. The van der Waals surface area contributed by atoms with Gasteiger partial charge in [0.1, 0.15) is 5.75 Å². The fourth-order valence-electron chi connectivity index (χ4n) is 2.73. The van der Waals surface area contributed by atoms with Crippen molar-refractivity contribution in [3.8, 4) is 5.75 Å². The lowest BCUT2D eigenvalue weighted by molar-refractivity contribution is 0.0754. The van der Waals surface area contributed by atoms with Crippen LogP contribution in [0.25, 0.3) is 0 Å². The molecule has 2 nitrogen and oxygen atoms in total. The lowest BCUT2D eigenvalue weighted by atomic mass is 9.78. The van der Waals surface area contributed by atoms with Gasteiger partial charge >= 0.3 is 0 Å². The predicted molar refractivity (Wildman–Crippen MR) is 74.1 cm³/mol. The fourth-order valence-corrected chi connectivity index (χ4v) is 2.93. The number of methoxy groups -OCH3 is 1. The Morgan fingerprint density at radius 2 is 1.94 bits per heavy atom. The highest BCUT2D eigenvalue weighted by atomic mass is 35.5. The largest absolute Gasteiger partial charge is 0.495 e. The number of halogens is 1. The third kappa shape index (κ3) is 2.99. The topological polar surface area (TPSA) is 29.5 Å². The lowest BCUT2D eigenvalue weighted by Gasteiger charge is -2.30. The molecule has 1 saturated carbocycles. The van der Waals surface area contributed by atoms with Gasteiger partial charge in [-0.3, -0.25) is 0 Å². The Morgan fingerprint density at radius 1 is 1.28 bits per heavy atom. The average molecular weight is 269 g/mol. The van der Waals surface area contributed by atoms with Gasteiger partial charge in [0.2, 0.25) is 0 Å². The molecular weight excluding hydrogens is 248 g/mol. The quantitative estimate of drug-likeness (QED) is 0.890. The zero-order valence-corrected chi connectivity index (χ0v) is 11.8. The van der Waals surface area contributed by atoms with Crippen LogP contribution < -0.4 is 4.74 Å². The van der Waals surface area contributed by atoms with Gasteiger partial charge in [0.25, 0.3) is 0 Å². The number of rotatable bonds is 3. The lowest BCUT2D eigenvalue weighted by Crippen LogP contribution is -2.19. The molecule has 1 aromatic carbocycles. The van der Waals surface area contributed by atoms with Crippen LogP contribution >= 0.6 is 11.6 Å². The second-order valence-electron chi connectivity index (χ2n) is 5.36. The summed E-state index contributed by atoms with van der Waals surface area (Å²) in [6.07, 6.45) is 4.24. The molecule has 1 N–H and O–H groups in total. The van der Waals surface area contributed by atoms with Crippen LogP contribution in [-0.4, -0.2) is 12.2 Å². The highest BCUT2D eigenvalue weighted by Gasteiger charge is 2.26. The number of aliphatic hydroxyl groups is 1. The van der Waals surface area contributed by atoms with Crippen molar-refractivity contribution in [2.45, 2.75) is 38.7 Å². The van der Waals surface area contributed by atoms with Crippen LogP contribution in [0.3, 0.4) is 0 Å². The molecule has 2 rings (SSSR count). The van der Waals surface area contributed by atoms with Crippen LogP contribution in [0.2, 0.25) is 5.02 Å². The van der Waals surface area contributed by atoms with Gasteiger partial charge in [-0.25, -0.2) is 0 Å². The zero-order chi connectivity index (χ0) is 13.1. The van der Waals surface area contributed by atoms with Gasteiger partial charge in [-0.2, -0.15) is 0 Å². The first-order chi connectivity index (χ1) is 8.61. The molecule has 100 valence electrons. The third-order valence-electron chi connectivity index (χ3n) is 4.02. The molecule has 0 bridgehead atoms. The number of aliphatic hydroxyl groups excluding tert-OH is 1. The van der Waals surface area contributed by atoms with Crippen molar-refractivity contribution in [2.24, 2.45) is 11.8 Å². The van der Waals surface area contributed by atoms with Crippen molar-refractivity contribution in [1.29, 1.82) is 0 Å². The summed E-state index contributed by atoms with van der Waals surface area (Å²) in [5.41, 5.74) is 0.913. The van der Waals surface area contributed by atoms with E-state index in [1.54, 1.807) is 13.2 Å². The maximum absolute atomic E-state index is 10.4. The molecule has 1 unspecified atom stereocenters. The van der Waals surface area contributed by atoms with Crippen LogP contribution in [0.1, 0.15) is 44.3 Å². The molecule has 0 saturated heterocycles. The van der Waals surface area contributed by atoms with Crippen molar-refractivity contribution >= 4 is 11.6 Å². The number of hydrogen-bond acceptors (Lipinski definition) is 2. The fraction of sp³-hybridized carbons (Fsp3) is 0.600. The van der Waals surface area contributed by atoms with Gasteiger partial charge in [0.15, 0.2) is 0 Å². The molecule has 0 radical (unpaired) electrons. The molecular formula is C15H21ClO2. The molecule has 0 heterocycles. The molecule has 18 heavy (non-hydrogen) atoms. The van der Waals surface area contributed by atoms with Gasteiger partial charge in [-0.15, -0.1) is 0 Å². The summed E-state index contributed by atoms with van der Waals surface area (Å²) < 4.78 is 5.20. The normalized spacial score (nSPS) is 25.8. The summed E-state index contributed by atoms with van der Waals surface area (Å²) in [6, 6.07) is 5.54. The van der Waals surface area contributed by atoms with Crippen molar-refractivity contribution in [2.75, 3.05) is 7.11 Å². The number of ether oxygens (including phenoxy) is 1. The van der Waals surface area contributed by atoms with Gasteiger partial charge < -0.3 is 9.84 Å². The summed E-state index contributed by atoms with van der Waals surface area (Å²) in [5, 5.41) is 11.0. The Bertz CT molecular complexity index is 397. The van der Waals surface area contributed by atoms with E-state index in [-0.39, 0.29) is 0 Å². The van der Waals surface area contributed by atoms with Crippen LogP contribution in [-0.2, 0) is 0 Å². The summed E-state index contributed by atoms with van der Waals surface area (Å²) in [4.78, 5) is 0. The van der Waals surface area contributed by atoms with Crippen LogP contribution in [0.4, 0.5) is 0 Å². The average Bonchev–Trinajstić information content (AvgIpc) is 2.39. The van der Waals surface area contributed by atoms with E-state index in [1.165, 1.54) is 12.8 Å². The number of hydrogen-bond donors (Lipinski definition) is 1. The van der Waals surface area contributed by atoms with E-state index in [2.05, 4.69) is 6.92 Å². The Labute approximate surface area is 114 Å². The molecule has 3 heteroatoms. The summed E-state index contributed by atoms with van der Waals surface area (Å²) in [7, 11) is 1.60. The Morgan fingerprint density at radius 3 is 2.56 bits per heavy atom. The summed E-state index contributed by atoms with van der Waals surface area (Å²) in [6.45, 7) is 2.29. The van der Waals surface area contributed by atoms with Crippen LogP contribution in [0.15, 0.2) is 18.2 Å². The van der Waals surface area contributed by atoms with E-state index in [4.69, 9.17) is 16.3 Å². The predicted octanol–water partition coefficient (Wildman–Crippen LogP) is 4.21. The summed E-state index contributed by atoms with van der Waals surface area (Å²) >= 11 is 6.00. The standard InChI is InChI=1S/C15H21ClO2/c1-10-3-5-11(6-4-10)15(17)12-7-8-13(16)14(9-12)18-2/h7-11,15,17H,3-6H2,1-2H3. The Hall–Kier alpha value is -0.730. The van der Waals surface area contributed by atoms with E-state index in [1.807, 2.05) is 12.1 Å². The van der Waals surface area contributed by atoms with E-state index in [0.717, 1.165) is 24.3 Å². The van der Waals surface area contributed by atoms with E-state index < -0.39 is 6.10 Å². The van der Waals surface area contributed by atoms with Crippen molar-refractivity contribution in [3.63, 3.8) is 0 Å². The maximum Gasteiger partial charge on any atom is 0.137 e. The van der Waals surface area contributed by atoms with Crippen LogP contribution in [0.5, 0.6) is 5.75 Å². The molecule has 1 aliphatic carbocycles. The molecule has 0 aliphatic heterocycles. The second-order valence-corrected chi connectivity index (χ2v) is 5.77. The Kier molecular flexibility index (Phi) is 4.52. The molecule has 0 aromatic heterocycles. The monoisotopic (exact) mass is 268 g/mol. The minimum absolute atomic E-state index is 0.368. The van der Waals surface area contributed by atoms with Crippen LogP contribution in [0, 0.1) is 11.8 Å². The zero-order valence-electron chi connectivity index (χ0n) is 11.0. The SMILES string of the molecule is COc1cc(C(O)C2CCC(C)CC2)ccc1Cl. The molecule has 1 atom stereocenters. The highest BCUT2D eigenvalue weighted by molar-refractivity contribution is 6.32. The van der Waals surface area contributed by atoms with Crippen molar-refractivity contribution in [3.05, 3.63) is 28.8 Å². The first-order valence-electron chi connectivity index (χ1n) is 6.63. The summed E-state index contributed by atoms with van der Waals surface area (Å²) in [5.74, 6) is 1.80. The first kappa shape index (κ1) is 13.7. The van der Waals surface area contributed by atoms with Crippen molar-refractivity contribution < 1.29 is 9.84 Å². The minimum atomic E-state index is -0.399. The Balaban J connectivity index is 2.10. The minimum Gasteiger partial charge on any atom is -0.495 e. The van der Waals surface area contributed by atoms with Gasteiger partial charge in [0, 0.05) is 0 Å².